The predicted molar refractivity (Wildman–Crippen MR) is 105 cm³/mol. The zero-order valence-electron chi connectivity index (χ0n) is 15.2. The molecule has 3 aromatic carbocycles. The van der Waals surface area contributed by atoms with Gasteiger partial charge in [0.15, 0.2) is 0 Å². The minimum Gasteiger partial charge on any atom is -0.448 e. The van der Waals surface area contributed by atoms with Gasteiger partial charge < -0.3 is 13.9 Å². The average Bonchev–Trinajstić information content (AvgIpc) is 2.74. The minimum absolute atomic E-state index is 0.255. The van der Waals surface area contributed by atoms with E-state index in [1.54, 1.807) is 18.2 Å². The molecule has 29 heavy (non-hydrogen) atoms. The van der Waals surface area contributed by atoms with Crippen LogP contribution in [0.15, 0.2) is 82.0 Å². The number of fused-ring (bicyclic) bond motifs is 8. The fourth-order valence-electron chi connectivity index (χ4n) is 4.43. The van der Waals surface area contributed by atoms with Gasteiger partial charge in [-0.25, -0.2) is 9.18 Å². The molecule has 3 heterocycles. The minimum atomic E-state index is -1.16. The SMILES string of the molecule is O=c1oc2ccccc2c2c1[C@H]1C[C@](c3ccc(F)cc3)(Oc3ccccc31)O2. The summed E-state index contributed by atoms with van der Waals surface area (Å²) in [4.78, 5) is 12.9. The van der Waals surface area contributed by atoms with Gasteiger partial charge in [-0.3, -0.25) is 0 Å². The molecule has 2 aliphatic rings. The lowest BCUT2D eigenvalue weighted by Crippen LogP contribution is -2.48. The molecule has 4 nitrogen and oxygen atoms in total. The highest BCUT2D eigenvalue weighted by molar-refractivity contribution is 5.85. The van der Waals surface area contributed by atoms with Crippen LogP contribution in [0.1, 0.15) is 29.0 Å². The van der Waals surface area contributed by atoms with Crippen LogP contribution in [-0.4, -0.2) is 0 Å². The molecular weight excluding hydrogens is 371 g/mol. The van der Waals surface area contributed by atoms with Crippen molar-refractivity contribution in [2.45, 2.75) is 18.1 Å². The summed E-state index contributed by atoms with van der Waals surface area (Å²) in [5, 5.41) is 0.710. The van der Waals surface area contributed by atoms with Crippen molar-refractivity contribution in [1.29, 1.82) is 0 Å². The van der Waals surface area contributed by atoms with Gasteiger partial charge >= 0.3 is 5.63 Å². The smallest absolute Gasteiger partial charge is 0.343 e. The molecule has 2 atom stereocenters. The van der Waals surface area contributed by atoms with Crippen molar-refractivity contribution in [2.24, 2.45) is 0 Å². The van der Waals surface area contributed by atoms with E-state index in [-0.39, 0.29) is 11.7 Å². The molecule has 0 N–H and O–H groups in total. The highest BCUT2D eigenvalue weighted by atomic mass is 19.1. The molecule has 0 fully saturated rings. The lowest BCUT2D eigenvalue weighted by Gasteiger charge is -2.46. The Balaban J connectivity index is 1.69. The van der Waals surface area contributed by atoms with Crippen molar-refractivity contribution in [3.05, 3.63) is 106 Å². The van der Waals surface area contributed by atoms with E-state index in [2.05, 4.69) is 0 Å². The first-order valence-corrected chi connectivity index (χ1v) is 9.43. The fourth-order valence-corrected chi connectivity index (χ4v) is 4.43. The molecular formula is C24H15FO4. The third-order valence-electron chi connectivity index (χ3n) is 5.74. The summed E-state index contributed by atoms with van der Waals surface area (Å²) < 4.78 is 32.0. The highest BCUT2D eigenvalue weighted by Gasteiger charge is 2.51. The Morgan fingerprint density at radius 2 is 1.66 bits per heavy atom. The molecule has 1 aromatic heterocycles. The Morgan fingerprint density at radius 1 is 0.897 bits per heavy atom. The van der Waals surface area contributed by atoms with Gasteiger partial charge in [-0.15, -0.1) is 0 Å². The van der Waals surface area contributed by atoms with Gasteiger partial charge in [0.25, 0.3) is 5.79 Å². The quantitative estimate of drug-likeness (QED) is 0.428. The van der Waals surface area contributed by atoms with Crippen LogP contribution in [0, 0.1) is 5.82 Å². The molecule has 0 saturated heterocycles. The maximum absolute atomic E-state index is 13.6. The Kier molecular flexibility index (Phi) is 3.22. The second kappa shape index (κ2) is 5.70. The largest absolute Gasteiger partial charge is 0.448 e. The number of hydrogen-bond acceptors (Lipinski definition) is 4. The summed E-state index contributed by atoms with van der Waals surface area (Å²) in [5.41, 5.74) is 2.16. The van der Waals surface area contributed by atoms with Crippen molar-refractivity contribution in [3.8, 4) is 11.5 Å². The predicted octanol–water partition coefficient (Wildman–Crippen LogP) is 5.09. The summed E-state index contributed by atoms with van der Waals surface area (Å²) in [6.07, 6.45) is 0.395. The van der Waals surface area contributed by atoms with E-state index in [0.29, 0.717) is 40.0 Å². The lowest BCUT2D eigenvalue weighted by atomic mass is 9.78. The molecule has 0 amide bonds. The number of ether oxygens (including phenoxy) is 2. The third kappa shape index (κ3) is 2.27. The molecule has 4 aromatic rings. The molecule has 142 valence electrons. The van der Waals surface area contributed by atoms with Crippen molar-refractivity contribution in [2.75, 3.05) is 0 Å². The van der Waals surface area contributed by atoms with Crippen LogP contribution < -0.4 is 15.1 Å². The van der Waals surface area contributed by atoms with E-state index in [1.165, 1.54) is 12.1 Å². The Morgan fingerprint density at radius 3 is 2.52 bits per heavy atom. The number of halogens is 1. The number of hydrogen-bond donors (Lipinski definition) is 0. The topological polar surface area (TPSA) is 48.7 Å². The zero-order valence-corrected chi connectivity index (χ0v) is 15.2. The Labute approximate surface area is 165 Å². The molecule has 2 aliphatic heterocycles. The van der Waals surface area contributed by atoms with Crippen LogP contribution in [0.4, 0.5) is 4.39 Å². The first-order valence-electron chi connectivity index (χ1n) is 9.43. The van der Waals surface area contributed by atoms with Gasteiger partial charge in [-0.1, -0.05) is 30.3 Å². The van der Waals surface area contributed by atoms with E-state index >= 15 is 0 Å². The van der Waals surface area contributed by atoms with Gasteiger partial charge in [-0.05, 0) is 42.5 Å². The van der Waals surface area contributed by atoms with Crippen molar-refractivity contribution >= 4 is 11.0 Å². The van der Waals surface area contributed by atoms with E-state index in [0.717, 1.165) is 5.56 Å². The van der Waals surface area contributed by atoms with Crippen LogP contribution >= 0.6 is 0 Å². The van der Waals surface area contributed by atoms with Crippen LogP contribution in [0.5, 0.6) is 11.5 Å². The standard InChI is InChI=1S/C24H15FO4/c25-15-11-9-14(10-12-15)24-13-18(16-5-1-4-8-20(16)28-24)21-22(29-24)17-6-2-3-7-19(17)27-23(21)26/h1-12,18H,13H2/t18-,24-/m0/s1. The van der Waals surface area contributed by atoms with Crippen molar-refractivity contribution in [3.63, 3.8) is 0 Å². The first kappa shape index (κ1) is 16.4. The Hall–Kier alpha value is -3.60. The number of benzene rings is 3. The van der Waals surface area contributed by atoms with Crippen LogP contribution in [0.2, 0.25) is 0 Å². The van der Waals surface area contributed by atoms with Gasteiger partial charge in [0, 0.05) is 23.5 Å². The summed E-state index contributed by atoms with van der Waals surface area (Å²) in [5.74, 6) is -0.635. The summed E-state index contributed by atoms with van der Waals surface area (Å²) in [7, 11) is 0. The maximum Gasteiger partial charge on any atom is 0.343 e. The van der Waals surface area contributed by atoms with Crippen molar-refractivity contribution < 1.29 is 18.3 Å². The van der Waals surface area contributed by atoms with Gasteiger partial charge in [0.05, 0.1) is 10.9 Å². The number of para-hydroxylation sites is 2. The van der Waals surface area contributed by atoms with Gasteiger partial charge in [0.1, 0.15) is 22.9 Å². The second-order valence-corrected chi connectivity index (χ2v) is 7.39. The third-order valence-corrected chi connectivity index (χ3v) is 5.74. The highest BCUT2D eigenvalue weighted by Crippen LogP contribution is 2.55. The molecule has 0 radical (unpaired) electrons. The van der Waals surface area contributed by atoms with E-state index in [4.69, 9.17) is 13.9 Å². The Bertz CT molecular complexity index is 1330. The van der Waals surface area contributed by atoms with Gasteiger partial charge in [-0.2, -0.15) is 0 Å². The van der Waals surface area contributed by atoms with Crippen LogP contribution in [0.25, 0.3) is 11.0 Å². The second-order valence-electron chi connectivity index (χ2n) is 7.39. The summed E-state index contributed by atoms with van der Waals surface area (Å²) in [6.45, 7) is 0. The summed E-state index contributed by atoms with van der Waals surface area (Å²) in [6, 6.07) is 21.0. The van der Waals surface area contributed by atoms with Crippen LogP contribution in [-0.2, 0) is 5.79 Å². The number of rotatable bonds is 1. The molecule has 0 aliphatic carbocycles. The molecule has 6 rings (SSSR count). The van der Waals surface area contributed by atoms with E-state index in [9.17, 15) is 9.18 Å². The van der Waals surface area contributed by atoms with Crippen LogP contribution in [0.3, 0.4) is 0 Å². The molecule has 5 heteroatoms. The van der Waals surface area contributed by atoms with E-state index in [1.807, 2.05) is 42.5 Å². The fraction of sp³-hybridized carbons (Fsp3) is 0.125. The molecule has 0 unspecified atom stereocenters. The zero-order chi connectivity index (χ0) is 19.6. The molecule has 0 spiro atoms. The maximum atomic E-state index is 13.6. The van der Waals surface area contributed by atoms with Crippen molar-refractivity contribution in [1.82, 2.24) is 0 Å². The first-order chi connectivity index (χ1) is 14.1. The van der Waals surface area contributed by atoms with E-state index < -0.39 is 11.4 Å². The monoisotopic (exact) mass is 386 g/mol. The lowest BCUT2D eigenvalue weighted by molar-refractivity contribution is -0.148. The van der Waals surface area contributed by atoms with Gasteiger partial charge in [0.2, 0.25) is 0 Å². The average molecular weight is 386 g/mol. The normalized spacial score (nSPS) is 21.6. The molecule has 0 saturated carbocycles. The molecule has 2 bridgehead atoms. The summed E-state index contributed by atoms with van der Waals surface area (Å²) >= 11 is 0.